The summed E-state index contributed by atoms with van der Waals surface area (Å²) >= 11 is 3.08. The van der Waals surface area contributed by atoms with E-state index in [1.54, 1.807) is 30.3 Å². The summed E-state index contributed by atoms with van der Waals surface area (Å²) in [7, 11) is 1.64. The number of benzene rings is 1. The Morgan fingerprint density at radius 2 is 2.14 bits per heavy atom. The number of anilines is 1. The number of thioether (sulfide) groups is 1. The fourth-order valence-corrected chi connectivity index (χ4v) is 3.38. The number of methoxy groups -OCH3 is 1. The Kier molecular flexibility index (Phi) is 6.31. The van der Waals surface area contributed by atoms with Gasteiger partial charge in [0.05, 0.1) is 12.7 Å². The van der Waals surface area contributed by atoms with Crippen LogP contribution in [0.25, 0.3) is 0 Å². The molecule has 6 heteroatoms. The second-order valence-corrected chi connectivity index (χ2v) is 6.54. The van der Waals surface area contributed by atoms with E-state index in [9.17, 15) is 4.79 Å². The summed E-state index contributed by atoms with van der Waals surface area (Å²) in [5.41, 5.74) is 0.519. The largest absolute Gasteiger partial charge is 0.497 e. The highest BCUT2D eigenvalue weighted by Crippen LogP contribution is 2.24. The van der Waals surface area contributed by atoms with Crippen LogP contribution in [0, 0.1) is 11.3 Å². The second kappa shape index (κ2) is 8.47. The van der Waals surface area contributed by atoms with E-state index in [2.05, 4.69) is 11.4 Å². The Labute approximate surface area is 138 Å². The fourth-order valence-electron chi connectivity index (χ4n) is 1.78. The second-order valence-electron chi connectivity index (χ2n) is 4.45. The zero-order valence-corrected chi connectivity index (χ0v) is 13.8. The maximum absolute atomic E-state index is 11.8. The molecule has 1 amide bonds. The highest BCUT2D eigenvalue weighted by molar-refractivity contribution is 7.99. The number of hydrogen-bond donors (Lipinski definition) is 1. The Balaban J connectivity index is 1.70. The number of carbonyl (C=O) groups excluding carboxylic acids is 1. The molecule has 114 valence electrons. The lowest BCUT2D eigenvalue weighted by molar-refractivity contribution is -0.116. The van der Waals surface area contributed by atoms with E-state index in [1.807, 2.05) is 24.3 Å². The predicted molar refractivity (Wildman–Crippen MR) is 90.6 cm³/mol. The van der Waals surface area contributed by atoms with Gasteiger partial charge in [0.1, 0.15) is 16.8 Å². The number of amides is 1. The van der Waals surface area contributed by atoms with E-state index in [1.165, 1.54) is 11.3 Å². The first-order valence-corrected chi connectivity index (χ1v) is 8.63. The molecule has 0 bridgehead atoms. The van der Waals surface area contributed by atoms with Crippen molar-refractivity contribution in [3.63, 3.8) is 0 Å². The number of nitrogens with one attached hydrogen (secondary N) is 1. The third-order valence-corrected chi connectivity index (χ3v) is 4.84. The maximum atomic E-state index is 11.8. The standard InChI is InChI=1S/C16H16N2O2S2/c1-20-13-4-6-14(7-5-13)21-9-2-3-15(19)18-16-12(11-17)8-10-22-16/h4-8,10H,2-3,9H2,1H3,(H,18,19). The highest BCUT2D eigenvalue weighted by Gasteiger charge is 2.07. The van der Waals surface area contributed by atoms with Gasteiger partial charge in [0.2, 0.25) is 5.91 Å². The molecule has 0 radical (unpaired) electrons. The molecule has 1 heterocycles. The average molecular weight is 332 g/mol. The smallest absolute Gasteiger partial charge is 0.225 e. The molecule has 0 spiro atoms. The number of hydrogen-bond acceptors (Lipinski definition) is 5. The number of rotatable bonds is 7. The van der Waals surface area contributed by atoms with Crippen LogP contribution in [-0.4, -0.2) is 18.8 Å². The van der Waals surface area contributed by atoms with Crippen molar-refractivity contribution >= 4 is 34.0 Å². The normalized spacial score (nSPS) is 10.0. The summed E-state index contributed by atoms with van der Waals surface area (Å²) in [6.07, 6.45) is 1.24. The van der Waals surface area contributed by atoms with Gasteiger partial charge < -0.3 is 10.1 Å². The topological polar surface area (TPSA) is 62.1 Å². The predicted octanol–water partition coefficient (Wildman–Crippen LogP) is 4.14. The van der Waals surface area contributed by atoms with Crippen molar-refractivity contribution in [2.75, 3.05) is 18.2 Å². The lowest BCUT2D eigenvalue weighted by atomic mass is 10.3. The SMILES string of the molecule is COc1ccc(SCCCC(=O)Nc2sccc2C#N)cc1. The van der Waals surface area contributed by atoms with E-state index in [0.29, 0.717) is 17.0 Å². The molecule has 0 aliphatic heterocycles. The first kappa shape index (κ1) is 16.4. The van der Waals surface area contributed by atoms with Crippen LogP contribution in [0.5, 0.6) is 5.75 Å². The van der Waals surface area contributed by atoms with Gasteiger partial charge in [-0.2, -0.15) is 5.26 Å². The third kappa shape index (κ3) is 4.79. The third-order valence-electron chi connectivity index (χ3n) is 2.91. The summed E-state index contributed by atoms with van der Waals surface area (Å²) in [6.45, 7) is 0. The van der Waals surface area contributed by atoms with Crippen LogP contribution in [0.1, 0.15) is 18.4 Å². The molecule has 0 fully saturated rings. The molecular formula is C16H16N2O2S2. The van der Waals surface area contributed by atoms with Gasteiger partial charge in [-0.05, 0) is 47.9 Å². The summed E-state index contributed by atoms with van der Waals surface area (Å²) in [6, 6.07) is 11.6. The van der Waals surface area contributed by atoms with Gasteiger partial charge in [0.25, 0.3) is 0 Å². The molecule has 22 heavy (non-hydrogen) atoms. The molecule has 1 N–H and O–H groups in total. The Hall–Kier alpha value is -1.97. The number of thiophene rings is 1. The van der Waals surface area contributed by atoms with Gasteiger partial charge in [0.15, 0.2) is 0 Å². The van der Waals surface area contributed by atoms with Gasteiger partial charge in [-0.25, -0.2) is 0 Å². The quantitative estimate of drug-likeness (QED) is 0.611. The number of nitrogens with zero attached hydrogens (tertiary/aromatic N) is 1. The molecule has 0 atom stereocenters. The van der Waals surface area contributed by atoms with Crippen molar-refractivity contribution in [2.45, 2.75) is 17.7 Å². The monoisotopic (exact) mass is 332 g/mol. The van der Waals surface area contributed by atoms with Crippen LogP contribution in [0.4, 0.5) is 5.00 Å². The lowest BCUT2D eigenvalue weighted by Crippen LogP contribution is -2.11. The maximum Gasteiger partial charge on any atom is 0.225 e. The van der Waals surface area contributed by atoms with Gasteiger partial charge in [-0.3, -0.25) is 4.79 Å². The summed E-state index contributed by atoms with van der Waals surface area (Å²) < 4.78 is 5.11. The van der Waals surface area contributed by atoms with E-state index in [0.717, 1.165) is 22.8 Å². The van der Waals surface area contributed by atoms with Crippen LogP contribution in [0.2, 0.25) is 0 Å². The Morgan fingerprint density at radius 1 is 1.36 bits per heavy atom. The lowest BCUT2D eigenvalue weighted by Gasteiger charge is -2.04. The first-order valence-electron chi connectivity index (χ1n) is 6.77. The number of nitriles is 1. The number of carbonyl (C=O) groups is 1. The van der Waals surface area contributed by atoms with Crippen LogP contribution in [0.3, 0.4) is 0 Å². The minimum absolute atomic E-state index is 0.0470. The summed E-state index contributed by atoms with van der Waals surface area (Å²) in [5.74, 6) is 1.66. The van der Waals surface area contributed by atoms with Crippen LogP contribution >= 0.6 is 23.1 Å². The van der Waals surface area contributed by atoms with Crippen LogP contribution < -0.4 is 10.1 Å². The molecule has 0 aliphatic carbocycles. The highest BCUT2D eigenvalue weighted by atomic mass is 32.2. The average Bonchev–Trinajstić information content (AvgIpc) is 2.99. The molecule has 0 aliphatic rings. The van der Waals surface area contributed by atoms with Crippen molar-refractivity contribution in [1.82, 2.24) is 0 Å². The molecular weight excluding hydrogens is 316 g/mol. The first-order chi connectivity index (χ1) is 10.7. The van der Waals surface area contributed by atoms with Crippen molar-refractivity contribution in [2.24, 2.45) is 0 Å². The van der Waals surface area contributed by atoms with Gasteiger partial charge in [0, 0.05) is 11.3 Å². The van der Waals surface area contributed by atoms with E-state index < -0.39 is 0 Å². The minimum atomic E-state index is -0.0470. The minimum Gasteiger partial charge on any atom is -0.497 e. The zero-order valence-electron chi connectivity index (χ0n) is 12.2. The Bertz CT molecular complexity index is 660. The van der Waals surface area contributed by atoms with Gasteiger partial charge in [-0.15, -0.1) is 23.1 Å². The van der Waals surface area contributed by atoms with E-state index >= 15 is 0 Å². The van der Waals surface area contributed by atoms with Gasteiger partial charge in [-0.1, -0.05) is 0 Å². The van der Waals surface area contributed by atoms with E-state index in [-0.39, 0.29) is 5.91 Å². The molecule has 2 aromatic rings. The van der Waals surface area contributed by atoms with Crippen molar-refractivity contribution in [3.8, 4) is 11.8 Å². The molecule has 2 rings (SSSR count). The van der Waals surface area contributed by atoms with E-state index in [4.69, 9.17) is 10.00 Å². The van der Waals surface area contributed by atoms with Crippen molar-refractivity contribution in [3.05, 3.63) is 41.3 Å². The molecule has 0 unspecified atom stereocenters. The molecule has 0 saturated heterocycles. The molecule has 0 saturated carbocycles. The van der Waals surface area contributed by atoms with Crippen LogP contribution in [-0.2, 0) is 4.79 Å². The van der Waals surface area contributed by atoms with Crippen molar-refractivity contribution < 1.29 is 9.53 Å². The van der Waals surface area contributed by atoms with Crippen LogP contribution in [0.15, 0.2) is 40.6 Å². The summed E-state index contributed by atoms with van der Waals surface area (Å²) in [4.78, 5) is 13.0. The summed E-state index contributed by atoms with van der Waals surface area (Å²) in [5, 5.41) is 14.1. The van der Waals surface area contributed by atoms with Crippen molar-refractivity contribution in [1.29, 1.82) is 5.26 Å². The molecule has 1 aromatic carbocycles. The Morgan fingerprint density at radius 3 is 2.82 bits per heavy atom. The fraction of sp³-hybridized carbons (Fsp3) is 0.250. The van der Waals surface area contributed by atoms with Gasteiger partial charge >= 0.3 is 0 Å². The zero-order chi connectivity index (χ0) is 15.8. The molecule has 1 aromatic heterocycles. The number of ether oxygens (including phenoxy) is 1. The molecule has 4 nitrogen and oxygen atoms in total.